The average Bonchev–Trinajstić information content (AvgIpc) is 3.06. The molecular formula is C17H19F3N4O2S. The number of nitrogens with one attached hydrogen (secondary N) is 3. The van der Waals surface area contributed by atoms with E-state index >= 15 is 0 Å². The predicted molar refractivity (Wildman–Crippen MR) is 96.8 cm³/mol. The van der Waals surface area contributed by atoms with Gasteiger partial charge >= 0.3 is 12.2 Å². The first kappa shape index (κ1) is 20.7. The lowest BCUT2D eigenvalue weighted by atomic mass is 10.1. The van der Waals surface area contributed by atoms with E-state index in [9.17, 15) is 22.8 Å². The van der Waals surface area contributed by atoms with E-state index in [1.54, 1.807) is 6.07 Å². The van der Waals surface area contributed by atoms with E-state index < -0.39 is 17.9 Å². The van der Waals surface area contributed by atoms with Gasteiger partial charge < -0.3 is 16.0 Å². The summed E-state index contributed by atoms with van der Waals surface area (Å²) in [7, 11) is 0. The Morgan fingerprint density at radius 1 is 1.19 bits per heavy atom. The van der Waals surface area contributed by atoms with Crippen LogP contribution in [0.2, 0.25) is 0 Å². The van der Waals surface area contributed by atoms with Gasteiger partial charge in [0.1, 0.15) is 0 Å². The highest BCUT2D eigenvalue weighted by atomic mass is 32.1. The number of alkyl halides is 3. The summed E-state index contributed by atoms with van der Waals surface area (Å²) in [6.07, 6.45) is -4.30. The Labute approximate surface area is 158 Å². The third-order valence-electron chi connectivity index (χ3n) is 3.75. The lowest BCUT2D eigenvalue weighted by molar-refractivity contribution is -0.140. The Morgan fingerprint density at radius 3 is 2.59 bits per heavy atom. The maximum atomic E-state index is 12.5. The van der Waals surface area contributed by atoms with Gasteiger partial charge in [0.25, 0.3) is 0 Å². The quantitative estimate of drug-likeness (QED) is 0.696. The molecule has 3 N–H and O–H groups in total. The van der Waals surface area contributed by atoms with Crippen LogP contribution in [0, 0.1) is 13.8 Å². The fourth-order valence-electron chi connectivity index (χ4n) is 2.14. The predicted octanol–water partition coefficient (Wildman–Crippen LogP) is 3.26. The third kappa shape index (κ3) is 6.24. The number of amides is 3. The first-order valence-corrected chi connectivity index (χ1v) is 8.94. The fraction of sp³-hybridized carbons (Fsp3) is 0.353. The molecule has 27 heavy (non-hydrogen) atoms. The molecule has 3 amide bonds. The van der Waals surface area contributed by atoms with Gasteiger partial charge in [-0.3, -0.25) is 4.79 Å². The number of anilines is 1. The van der Waals surface area contributed by atoms with Gasteiger partial charge in [0, 0.05) is 24.0 Å². The highest BCUT2D eigenvalue weighted by molar-refractivity contribution is 7.09. The zero-order valence-electron chi connectivity index (χ0n) is 14.7. The Kier molecular flexibility index (Phi) is 6.78. The zero-order valence-corrected chi connectivity index (χ0v) is 15.6. The van der Waals surface area contributed by atoms with E-state index in [4.69, 9.17) is 0 Å². The van der Waals surface area contributed by atoms with Crippen molar-refractivity contribution in [3.05, 3.63) is 45.4 Å². The van der Waals surface area contributed by atoms with Crippen molar-refractivity contribution in [1.82, 2.24) is 15.6 Å². The lowest BCUT2D eigenvalue weighted by Gasteiger charge is -2.11. The van der Waals surface area contributed by atoms with E-state index in [-0.39, 0.29) is 30.4 Å². The summed E-state index contributed by atoms with van der Waals surface area (Å²) in [6.45, 7) is 3.69. The Hall–Kier alpha value is -2.62. The van der Waals surface area contributed by atoms with Crippen LogP contribution in [0.5, 0.6) is 0 Å². The number of nitrogens with zero attached hydrogens (tertiary/aromatic N) is 1. The molecular weight excluding hydrogens is 381 g/mol. The number of rotatable bonds is 6. The van der Waals surface area contributed by atoms with Gasteiger partial charge in [-0.25, -0.2) is 9.78 Å². The van der Waals surface area contributed by atoms with Crippen molar-refractivity contribution in [3.8, 4) is 0 Å². The standard InChI is InChI=1S/C17H19F3N4O2S/c1-10-4-3-5-12(11(10)2)23-14(25)8-22-16(26)21-7-6-15-24-13(9-27-15)17(18,19)20/h3-5,9H,6-8H2,1-2H3,(H,23,25)(H2,21,22,26). The number of benzene rings is 1. The van der Waals surface area contributed by atoms with E-state index in [0.717, 1.165) is 27.8 Å². The van der Waals surface area contributed by atoms with Crippen molar-refractivity contribution in [2.75, 3.05) is 18.4 Å². The molecule has 1 aromatic carbocycles. The second-order valence-corrected chi connectivity index (χ2v) is 6.72. The van der Waals surface area contributed by atoms with Crippen LogP contribution in [0.3, 0.4) is 0 Å². The van der Waals surface area contributed by atoms with E-state index in [2.05, 4.69) is 20.9 Å². The molecule has 0 radical (unpaired) electrons. The van der Waals surface area contributed by atoms with Crippen molar-refractivity contribution >= 4 is 29.0 Å². The van der Waals surface area contributed by atoms with Gasteiger partial charge in [-0.1, -0.05) is 12.1 Å². The number of carbonyl (C=O) groups excluding carboxylic acids is 2. The summed E-state index contributed by atoms with van der Waals surface area (Å²) in [5.74, 6) is -0.381. The van der Waals surface area contributed by atoms with Gasteiger partial charge in [-0.15, -0.1) is 11.3 Å². The molecule has 0 saturated heterocycles. The molecule has 0 bridgehead atoms. The number of hydrogen-bond acceptors (Lipinski definition) is 4. The second kappa shape index (κ2) is 8.85. The van der Waals surface area contributed by atoms with Crippen LogP contribution in [0.15, 0.2) is 23.6 Å². The average molecular weight is 400 g/mol. The molecule has 0 spiro atoms. The first-order valence-electron chi connectivity index (χ1n) is 8.06. The number of urea groups is 1. The first-order chi connectivity index (χ1) is 12.7. The van der Waals surface area contributed by atoms with Crippen LogP contribution in [-0.4, -0.2) is 30.0 Å². The molecule has 1 aromatic heterocycles. The molecule has 6 nitrogen and oxygen atoms in total. The van der Waals surface area contributed by atoms with Gasteiger partial charge in [-0.2, -0.15) is 13.2 Å². The maximum Gasteiger partial charge on any atom is 0.434 e. The summed E-state index contributed by atoms with van der Waals surface area (Å²) in [5.41, 5.74) is 1.72. The van der Waals surface area contributed by atoms with Crippen LogP contribution >= 0.6 is 11.3 Å². The second-order valence-electron chi connectivity index (χ2n) is 5.78. The summed E-state index contributed by atoms with van der Waals surface area (Å²) in [5, 5.41) is 8.79. The molecule has 0 fully saturated rings. The van der Waals surface area contributed by atoms with Gasteiger partial charge in [0.2, 0.25) is 5.91 Å². The number of aryl methyl sites for hydroxylation is 1. The van der Waals surface area contributed by atoms with Crippen molar-refractivity contribution in [2.24, 2.45) is 0 Å². The van der Waals surface area contributed by atoms with E-state index in [1.807, 2.05) is 26.0 Å². The highest BCUT2D eigenvalue weighted by Crippen LogP contribution is 2.30. The summed E-state index contributed by atoms with van der Waals surface area (Å²) in [6, 6.07) is 4.93. The molecule has 0 aliphatic rings. The number of halogens is 3. The van der Waals surface area contributed by atoms with Crippen LogP contribution in [0.4, 0.5) is 23.7 Å². The largest absolute Gasteiger partial charge is 0.434 e. The zero-order chi connectivity index (χ0) is 20.0. The molecule has 2 rings (SSSR count). The molecule has 10 heteroatoms. The van der Waals surface area contributed by atoms with E-state index in [1.165, 1.54) is 0 Å². The number of aromatic nitrogens is 1. The van der Waals surface area contributed by atoms with Crippen LogP contribution in [0.1, 0.15) is 21.8 Å². The van der Waals surface area contributed by atoms with Crippen LogP contribution < -0.4 is 16.0 Å². The van der Waals surface area contributed by atoms with Crippen LogP contribution in [-0.2, 0) is 17.4 Å². The summed E-state index contributed by atoms with van der Waals surface area (Å²) in [4.78, 5) is 27.1. The monoisotopic (exact) mass is 400 g/mol. The fourth-order valence-corrected chi connectivity index (χ4v) is 2.95. The summed E-state index contributed by atoms with van der Waals surface area (Å²) < 4.78 is 37.4. The van der Waals surface area contributed by atoms with E-state index in [0.29, 0.717) is 5.69 Å². The van der Waals surface area contributed by atoms with Crippen molar-refractivity contribution in [1.29, 1.82) is 0 Å². The normalized spacial score (nSPS) is 11.1. The lowest BCUT2D eigenvalue weighted by Crippen LogP contribution is -2.40. The molecule has 0 saturated carbocycles. The third-order valence-corrected chi connectivity index (χ3v) is 4.66. The minimum absolute atomic E-state index is 0.106. The Bertz CT molecular complexity index is 821. The molecule has 0 unspecified atom stereocenters. The highest BCUT2D eigenvalue weighted by Gasteiger charge is 2.33. The number of carbonyl (C=O) groups is 2. The molecule has 146 valence electrons. The molecule has 0 aliphatic heterocycles. The van der Waals surface area contributed by atoms with Gasteiger partial charge in [0.15, 0.2) is 5.69 Å². The smallest absolute Gasteiger partial charge is 0.338 e. The Balaban J connectivity index is 1.71. The number of thiazole rings is 1. The SMILES string of the molecule is Cc1cccc(NC(=O)CNC(=O)NCCc2nc(C(F)(F)F)cs2)c1C. The van der Waals surface area contributed by atoms with Crippen LogP contribution in [0.25, 0.3) is 0 Å². The van der Waals surface area contributed by atoms with Gasteiger partial charge in [-0.05, 0) is 31.0 Å². The minimum Gasteiger partial charge on any atom is -0.338 e. The molecule has 0 atom stereocenters. The van der Waals surface area contributed by atoms with Crippen molar-refractivity contribution < 1.29 is 22.8 Å². The Morgan fingerprint density at radius 2 is 1.93 bits per heavy atom. The number of hydrogen-bond donors (Lipinski definition) is 3. The van der Waals surface area contributed by atoms with Gasteiger partial charge in [0.05, 0.1) is 11.6 Å². The topological polar surface area (TPSA) is 83.1 Å². The molecule has 1 heterocycles. The van der Waals surface area contributed by atoms with Crippen molar-refractivity contribution in [2.45, 2.75) is 26.4 Å². The molecule has 2 aromatic rings. The van der Waals surface area contributed by atoms with Crippen molar-refractivity contribution in [3.63, 3.8) is 0 Å². The summed E-state index contributed by atoms with van der Waals surface area (Å²) >= 11 is 0.883. The molecule has 0 aliphatic carbocycles. The minimum atomic E-state index is -4.47. The maximum absolute atomic E-state index is 12.5.